The van der Waals surface area contributed by atoms with Crippen LogP contribution in [-0.2, 0) is 16.1 Å². The van der Waals surface area contributed by atoms with Gasteiger partial charge in [-0.3, -0.25) is 0 Å². The first-order valence-corrected chi connectivity index (χ1v) is 3.96. The molecule has 0 bridgehead atoms. The molecule has 0 unspecified atom stereocenters. The van der Waals surface area contributed by atoms with Gasteiger partial charge in [-0.2, -0.15) is 0 Å². The van der Waals surface area contributed by atoms with Crippen molar-refractivity contribution in [3.05, 3.63) is 36.0 Å². The van der Waals surface area contributed by atoms with Gasteiger partial charge in [0.15, 0.2) is 0 Å². The molecule has 0 aliphatic carbocycles. The van der Waals surface area contributed by atoms with Gasteiger partial charge in [0.05, 0.1) is 5.69 Å². The van der Waals surface area contributed by atoms with Gasteiger partial charge in [0.2, 0.25) is 0 Å². The second kappa shape index (κ2) is 3.31. The molecule has 1 radical (unpaired) electrons. The van der Waals surface area contributed by atoms with Crippen molar-refractivity contribution in [2.75, 3.05) is 0 Å². The van der Waals surface area contributed by atoms with Crippen LogP contribution in [-0.4, -0.2) is 11.5 Å². The molecule has 3 heteroatoms. The van der Waals surface area contributed by atoms with Crippen LogP contribution in [0.2, 0.25) is 0 Å². The summed E-state index contributed by atoms with van der Waals surface area (Å²) in [5, 5.41) is 1.12. The molecule has 1 N–H and O–H groups in total. The maximum absolute atomic E-state index is 9.83. The summed E-state index contributed by atoms with van der Waals surface area (Å²) in [6, 6.07) is 9.85. The first kappa shape index (κ1) is 7.86. The highest BCUT2D eigenvalue weighted by molar-refractivity contribution is 5.80. The minimum Gasteiger partial charge on any atom is -0.451 e. The van der Waals surface area contributed by atoms with E-state index >= 15 is 0 Å². The molecule has 1 heterocycles. The average Bonchev–Trinajstić information content (AvgIpc) is 2.57. The van der Waals surface area contributed by atoms with Gasteiger partial charge in [-0.1, -0.05) is 18.2 Å². The predicted octanol–water partition coefficient (Wildman–Crippen LogP) is 1.75. The molecule has 0 fully saturated rings. The first-order chi connectivity index (χ1) is 6.40. The standard InChI is InChI=1S/C10H8NO2/c12-7-13-6-9-5-8-3-1-2-4-10(8)11-9/h1-5,11H,6H2. The highest BCUT2D eigenvalue weighted by atomic mass is 16.5. The van der Waals surface area contributed by atoms with Gasteiger partial charge < -0.3 is 9.72 Å². The molecule has 0 spiro atoms. The molecule has 3 nitrogen and oxygen atoms in total. The van der Waals surface area contributed by atoms with Crippen molar-refractivity contribution >= 4 is 17.4 Å². The molecular formula is C10H8NO2. The van der Waals surface area contributed by atoms with Crippen LogP contribution >= 0.6 is 0 Å². The molecule has 2 aromatic rings. The second-order valence-corrected chi connectivity index (χ2v) is 2.75. The SMILES string of the molecule is O=[C]OCc1cc2ccccc2[nH]1. The molecule has 0 saturated heterocycles. The summed E-state index contributed by atoms with van der Waals surface area (Å²) < 4.78 is 4.51. The molecule has 0 amide bonds. The van der Waals surface area contributed by atoms with E-state index in [1.165, 1.54) is 6.47 Å². The van der Waals surface area contributed by atoms with Crippen molar-refractivity contribution in [1.29, 1.82) is 0 Å². The van der Waals surface area contributed by atoms with Crippen molar-refractivity contribution in [3.8, 4) is 0 Å². The minimum atomic E-state index is 0.248. The topological polar surface area (TPSA) is 42.1 Å². The van der Waals surface area contributed by atoms with Crippen molar-refractivity contribution in [3.63, 3.8) is 0 Å². The lowest BCUT2D eigenvalue weighted by Crippen LogP contribution is -1.88. The van der Waals surface area contributed by atoms with E-state index in [-0.39, 0.29) is 6.61 Å². The van der Waals surface area contributed by atoms with E-state index in [1.54, 1.807) is 0 Å². The molecule has 0 aliphatic rings. The Morgan fingerprint density at radius 2 is 2.23 bits per heavy atom. The van der Waals surface area contributed by atoms with Gasteiger partial charge in [0.25, 0.3) is 0 Å². The third-order valence-electron chi connectivity index (χ3n) is 1.87. The van der Waals surface area contributed by atoms with E-state index in [2.05, 4.69) is 9.72 Å². The summed E-state index contributed by atoms with van der Waals surface area (Å²) in [7, 11) is 0. The number of H-pyrrole nitrogens is 1. The Bertz CT molecular complexity index is 387. The van der Waals surface area contributed by atoms with Gasteiger partial charge in [-0.15, -0.1) is 0 Å². The monoisotopic (exact) mass is 174 g/mol. The van der Waals surface area contributed by atoms with Crippen molar-refractivity contribution in [1.82, 2.24) is 4.98 Å². The second-order valence-electron chi connectivity index (χ2n) is 2.75. The molecule has 65 valence electrons. The van der Waals surface area contributed by atoms with Crippen molar-refractivity contribution in [2.45, 2.75) is 6.61 Å². The summed E-state index contributed by atoms with van der Waals surface area (Å²) in [5.74, 6) is 0. The smallest absolute Gasteiger partial charge is 0.417 e. The van der Waals surface area contributed by atoms with Crippen molar-refractivity contribution < 1.29 is 9.53 Å². The number of ether oxygens (including phenoxy) is 1. The summed E-state index contributed by atoms with van der Waals surface area (Å²) in [5.41, 5.74) is 1.93. The first-order valence-electron chi connectivity index (χ1n) is 3.96. The molecule has 0 aliphatic heterocycles. The number of rotatable bonds is 3. The molecular weight excluding hydrogens is 166 g/mol. The van der Waals surface area contributed by atoms with Crippen LogP contribution in [0.3, 0.4) is 0 Å². The molecule has 1 aromatic carbocycles. The fraction of sp³-hybridized carbons (Fsp3) is 0.100. The van der Waals surface area contributed by atoms with Gasteiger partial charge in [0.1, 0.15) is 6.61 Å². The molecule has 13 heavy (non-hydrogen) atoms. The number of aromatic amines is 1. The van der Waals surface area contributed by atoms with E-state index in [0.29, 0.717) is 0 Å². The third kappa shape index (κ3) is 1.54. The van der Waals surface area contributed by atoms with Gasteiger partial charge in [-0.25, -0.2) is 4.79 Å². The lowest BCUT2D eigenvalue weighted by molar-refractivity contribution is 0.264. The van der Waals surface area contributed by atoms with E-state index in [1.807, 2.05) is 30.3 Å². The Balaban J connectivity index is 2.32. The fourth-order valence-corrected chi connectivity index (χ4v) is 1.32. The lowest BCUT2D eigenvalue weighted by atomic mass is 10.2. The molecule has 0 atom stereocenters. The van der Waals surface area contributed by atoms with E-state index in [4.69, 9.17) is 0 Å². The Morgan fingerprint density at radius 1 is 1.38 bits per heavy atom. The van der Waals surface area contributed by atoms with Crippen LogP contribution in [0.15, 0.2) is 30.3 Å². The number of nitrogens with one attached hydrogen (secondary N) is 1. The number of para-hydroxylation sites is 1. The van der Waals surface area contributed by atoms with Crippen LogP contribution in [0, 0.1) is 0 Å². The molecule has 0 saturated carbocycles. The Kier molecular flexibility index (Phi) is 2.00. The highest BCUT2D eigenvalue weighted by Gasteiger charge is 1.98. The maximum atomic E-state index is 9.83. The average molecular weight is 174 g/mol. The van der Waals surface area contributed by atoms with Crippen LogP contribution in [0.25, 0.3) is 10.9 Å². The molecule has 1 aromatic heterocycles. The Labute approximate surface area is 75.3 Å². The number of hydrogen-bond acceptors (Lipinski definition) is 2. The number of benzene rings is 1. The zero-order valence-electron chi connectivity index (χ0n) is 6.91. The van der Waals surface area contributed by atoms with Gasteiger partial charge in [-0.05, 0) is 17.5 Å². The normalized spacial score (nSPS) is 10.2. The predicted molar refractivity (Wildman–Crippen MR) is 48.8 cm³/mol. The largest absolute Gasteiger partial charge is 0.451 e. The number of hydrogen-bond donors (Lipinski definition) is 1. The van der Waals surface area contributed by atoms with E-state index in [9.17, 15) is 4.79 Å². The third-order valence-corrected chi connectivity index (χ3v) is 1.87. The number of aromatic nitrogens is 1. The van der Waals surface area contributed by atoms with Crippen LogP contribution in [0.4, 0.5) is 0 Å². The van der Waals surface area contributed by atoms with Gasteiger partial charge >= 0.3 is 6.47 Å². The summed E-state index contributed by atoms with van der Waals surface area (Å²) >= 11 is 0. The Morgan fingerprint density at radius 3 is 3.00 bits per heavy atom. The molecule has 2 rings (SSSR count). The summed E-state index contributed by atoms with van der Waals surface area (Å²) in [6.45, 7) is 1.64. The van der Waals surface area contributed by atoms with Crippen LogP contribution < -0.4 is 0 Å². The van der Waals surface area contributed by atoms with Crippen LogP contribution in [0.1, 0.15) is 5.69 Å². The quantitative estimate of drug-likeness (QED) is 0.770. The summed E-state index contributed by atoms with van der Waals surface area (Å²) in [6.07, 6.45) is 0. The fourth-order valence-electron chi connectivity index (χ4n) is 1.32. The zero-order chi connectivity index (χ0) is 9.10. The zero-order valence-corrected chi connectivity index (χ0v) is 6.91. The number of fused-ring (bicyclic) bond motifs is 1. The van der Waals surface area contributed by atoms with Crippen LogP contribution in [0.5, 0.6) is 0 Å². The minimum absolute atomic E-state index is 0.248. The maximum Gasteiger partial charge on any atom is 0.417 e. The van der Waals surface area contributed by atoms with E-state index < -0.39 is 0 Å². The number of carbonyl (C=O) groups excluding carboxylic acids is 1. The Hall–Kier alpha value is -1.77. The van der Waals surface area contributed by atoms with E-state index in [0.717, 1.165) is 16.6 Å². The lowest BCUT2D eigenvalue weighted by Gasteiger charge is -1.91. The summed E-state index contributed by atoms with van der Waals surface area (Å²) in [4.78, 5) is 13.0. The van der Waals surface area contributed by atoms with Gasteiger partial charge in [0, 0.05) is 5.52 Å². The highest BCUT2D eigenvalue weighted by Crippen LogP contribution is 2.14. The van der Waals surface area contributed by atoms with Crippen molar-refractivity contribution in [2.24, 2.45) is 0 Å².